The molecule has 0 aliphatic carbocycles. The minimum Gasteiger partial charge on any atom is -0.481 e. The highest BCUT2D eigenvalue weighted by atomic mass is 32.1. The van der Waals surface area contributed by atoms with Crippen LogP contribution in [0.1, 0.15) is 24.0 Å². The Bertz CT molecular complexity index is 354. The summed E-state index contributed by atoms with van der Waals surface area (Å²) in [5.41, 5.74) is 2.37. The van der Waals surface area contributed by atoms with Crippen molar-refractivity contribution < 1.29 is 9.90 Å². The van der Waals surface area contributed by atoms with Crippen LogP contribution in [0, 0.1) is 6.92 Å². The van der Waals surface area contributed by atoms with Gasteiger partial charge in [0, 0.05) is 12.8 Å². The first-order valence-electron chi connectivity index (χ1n) is 4.87. The summed E-state index contributed by atoms with van der Waals surface area (Å²) in [7, 11) is 0. The summed E-state index contributed by atoms with van der Waals surface area (Å²) >= 11 is 5.12. The molecule has 1 rings (SSSR count). The minimum absolute atomic E-state index is 0.130. The van der Waals surface area contributed by atoms with Crippen molar-refractivity contribution >= 4 is 23.1 Å². The monoisotopic (exact) mass is 222 g/mol. The first-order chi connectivity index (χ1) is 7.08. The number of aliphatic carboxylic acids is 1. The Morgan fingerprint density at radius 2 is 1.87 bits per heavy atom. The molecule has 80 valence electrons. The van der Waals surface area contributed by atoms with Crippen LogP contribution in [-0.2, 0) is 11.2 Å². The fraction of sp³-hybridized carbons (Fsp3) is 0.333. The number of carboxylic acid groups (broad SMARTS) is 1. The lowest BCUT2D eigenvalue weighted by molar-refractivity contribution is -0.136. The first kappa shape index (κ1) is 11.9. The van der Waals surface area contributed by atoms with Gasteiger partial charge in [0.1, 0.15) is 0 Å². The maximum absolute atomic E-state index is 10.3. The van der Waals surface area contributed by atoms with Gasteiger partial charge >= 0.3 is 5.97 Å². The van der Waals surface area contributed by atoms with Crippen molar-refractivity contribution in [2.75, 3.05) is 0 Å². The molecule has 0 aromatic heterocycles. The second-order valence-electron chi connectivity index (χ2n) is 3.59. The number of carboxylic acids is 1. The molecule has 0 radical (unpaired) electrons. The van der Waals surface area contributed by atoms with Gasteiger partial charge in [-0.25, -0.2) is 0 Å². The zero-order valence-corrected chi connectivity index (χ0v) is 9.51. The van der Waals surface area contributed by atoms with E-state index in [-0.39, 0.29) is 6.42 Å². The predicted octanol–water partition coefficient (Wildman–Crippen LogP) is 2.77. The van der Waals surface area contributed by atoms with Crippen molar-refractivity contribution in [2.45, 2.75) is 26.2 Å². The van der Waals surface area contributed by atoms with Crippen molar-refractivity contribution in [3.8, 4) is 0 Å². The quantitative estimate of drug-likeness (QED) is 0.778. The average Bonchev–Trinajstić information content (AvgIpc) is 2.19. The first-order valence-corrected chi connectivity index (χ1v) is 5.28. The fourth-order valence-electron chi connectivity index (χ4n) is 1.27. The molecule has 1 N–H and O–H groups in total. The SMILES string of the molecule is Cc1ccc(CC(=S)CCC(=O)O)cc1. The number of carbonyl (C=O) groups is 1. The zero-order valence-electron chi connectivity index (χ0n) is 8.69. The molecule has 0 aliphatic heterocycles. The molecule has 0 spiro atoms. The molecule has 0 amide bonds. The number of hydrogen-bond donors (Lipinski definition) is 1. The van der Waals surface area contributed by atoms with E-state index in [0.717, 1.165) is 10.4 Å². The van der Waals surface area contributed by atoms with Gasteiger partial charge in [0.05, 0.1) is 0 Å². The second kappa shape index (κ2) is 5.61. The third kappa shape index (κ3) is 4.70. The molecule has 0 atom stereocenters. The summed E-state index contributed by atoms with van der Waals surface area (Å²) in [6.45, 7) is 2.03. The lowest BCUT2D eigenvalue weighted by Crippen LogP contribution is -2.04. The van der Waals surface area contributed by atoms with E-state index in [1.807, 2.05) is 31.2 Å². The molecule has 1 aromatic rings. The standard InChI is InChI=1S/C12H14O2S/c1-9-2-4-10(5-3-9)8-11(15)6-7-12(13)14/h2-5H,6-8H2,1H3,(H,13,14). The molecule has 0 unspecified atom stereocenters. The molecule has 2 nitrogen and oxygen atoms in total. The summed E-state index contributed by atoms with van der Waals surface area (Å²) in [6, 6.07) is 8.13. The van der Waals surface area contributed by atoms with E-state index in [1.165, 1.54) is 5.56 Å². The van der Waals surface area contributed by atoms with Crippen LogP contribution in [0.25, 0.3) is 0 Å². The molecule has 0 heterocycles. The summed E-state index contributed by atoms with van der Waals surface area (Å²) < 4.78 is 0. The number of benzene rings is 1. The van der Waals surface area contributed by atoms with E-state index < -0.39 is 5.97 Å². The van der Waals surface area contributed by atoms with Crippen LogP contribution in [0.15, 0.2) is 24.3 Å². The maximum Gasteiger partial charge on any atom is 0.303 e. The molecular weight excluding hydrogens is 208 g/mol. The molecule has 15 heavy (non-hydrogen) atoms. The average molecular weight is 222 g/mol. The summed E-state index contributed by atoms with van der Waals surface area (Å²) in [5.74, 6) is -0.791. The minimum atomic E-state index is -0.791. The van der Waals surface area contributed by atoms with Gasteiger partial charge in [0.2, 0.25) is 0 Å². The van der Waals surface area contributed by atoms with Crippen LogP contribution in [0.2, 0.25) is 0 Å². The van der Waals surface area contributed by atoms with Crippen molar-refractivity contribution in [3.63, 3.8) is 0 Å². The van der Waals surface area contributed by atoms with Gasteiger partial charge in [0.15, 0.2) is 0 Å². The van der Waals surface area contributed by atoms with Crippen molar-refractivity contribution in [3.05, 3.63) is 35.4 Å². The summed E-state index contributed by atoms with van der Waals surface area (Å²) in [5, 5.41) is 8.51. The number of aryl methyl sites for hydroxylation is 1. The van der Waals surface area contributed by atoms with E-state index in [4.69, 9.17) is 17.3 Å². The third-order valence-corrected chi connectivity index (χ3v) is 2.49. The highest BCUT2D eigenvalue weighted by Gasteiger charge is 2.02. The van der Waals surface area contributed by atoms with Crippen LogP contribution in [-0.4, -0.2) is 15.9 Å². The van der Waals surface area contributed by atoms with Crippen LogP contribution < -0.4 is 0 Å². The fourth-order valence-corrected chi connectivity index (χ4v) is 1.54. The van der Waals surface area contributed by atoms with E-state index >= 15 is 0 Å². The predicted molar refractivity (Wildman–Crippen MR) is 64.4 cm³/mol. The Hall–Kier alpha value is -1.22. The largest absolute Gasteiger partial charge is 0.481 e. The molecule has 0 saturated carbocycles. The molecule has 0 aliphatic rings. The van der Waals surface area contributed by atoms with Gasteiger partial charge in [-0.3, -0.25) is 4.79 Å². The zero-order chi connectivity index (χ0) is 11.3. The van der Waals surface area contributed by atoms with E-state index in [9.17, 15) is 4.79 Å². The lowest BCUT2D eigenvalue weighted by Gasteiger charge is -2.02. The van der Waals surface area contributed by atoms with Crippen LogP contribution >= 0.6 is 12.2 Å². The van der Waals surface area contributed by atoms with Crippen molar-refractivity contribution in [2.24, 2.45) is 0 Å². The smallest absolute Gasteiger partial charge is 0.303 e. The summed E-state index contributed by atoms with van der Waals surface area (Å²) in [6.07, 6.45) is 1.31. The Kier molecular flexibility index (Phi) is 4.43. The Balaban J connectivity index is 2.44. The van der Waals surface area contributed by atoms with Crippen LogP contribution in [0.5, 0.6) is 0 Å². The number of rotatable bonds is 5. The Labute approximate surface area is 94.9 Å². The van der Waals surface area contributed by atoms with E-state index in [1.54, 1.807) is 0 Å². The number of hydrogen-bond acceptors (Lipinski definition) is 2. The molecule has 1 aromatic carbocycles. The van der Waals surface area contributed by atoms with E-state index in [0.29, 0.717) is 12.8 Å². The van der Waals surface area contributed by atoms with Crippen molar-refractivity contribution in [1.29, 1.82) is 0 Å². The van der Waals surface area contributed by atoms with E-state index in [2.05, 4.69) is 0 Å². The maximum atomic E-state index is 10.3. The second-order valence-corrected chi connectivity index (χ2v) is 4.17. The van der Waals surface area contributed by atoms with Gasteiger partial charge in [-0.1, -0.05) is 42.0 Å². The van der Waals surface area contributed by atoms with Gasteiger partial charge in [0.25, 0.3) is 0 Å². The van der Waals surface area contributed by atoms with Crippen LogP contribution in [0.3, 0.4) is 0 Å². The Morgan fingerprint density at radius 1 is 1.27 bits per heavy atom. The topological polar surface area (TPSA) is 37.3 Å². The van der Waals surface area contributed by atoms with Gasteiger partial charge in [-0.05, 0) is 23.8 Å². The van der Waals surface area contributed by atoms with Crippen molar-refractivity contribution in [1.82, 2.24) is 0 Å². The van der Waals surface area contributed by atoms with Gasteiger partial charge in [-0.2, -0.15) is 0 Å². The highest BCUT2D eigenvalue weighted by Crippen LogP contribution is 2.07. The van der Waals surface area contributed by atoms with Gasteiger partial charge in [-0.15, -0.1) is 0 Å². The highest BCUT2D eigenvalue weighted by molar-refractivity contribution is 7.80. The molecule has 3 heteroatoms. The normalized spacial score (nSPS) is 9.93. The molecule has 0 saturated heterocycles. The van der Waals surface area contributed by atoms with Gasteiger partial charge < -0.3 is 5.11 Å². The Morgan fingerprint density at radius 3 is 2.40 bits per heavy atom. The lowest BCUT2D eigenvalue weighted by atomic mass is 10.1. The third-order valence-electron chi connectivity index (χ3n) is 2.14. The number of thiocarbonyl (C=S) groups is 1. The summed E-state index contributed by atoms with van der Waals surface area (Å²) in [4.78, 5) is 11.1. The molecule has 0 bridgehead atoms. The van der Waals surface area contributed by atoms with Crippen LogP contribution in [0.4, 0.5) is 0 Å². The molecule has 0 fully saturated rings. The molecular formula is C12H14O2S.